The van der Waals surface area contributed by atoms with Gasteiger partial charge in [-0.15, -0.1) is 0 Å². The molecule has 1 N–H and O–H groups in total. The fraction of sp³-hybridized carbons (Fsp3) is 0.357. The molecule has 2 atom stereocenters. The lowest BCUT2D eigenvalue weighted by Crippen LogP contribution is -2.59. The third-order valence-corrected chi connectivity index (χ3v) is 3.03. The second-order valence-electron chi connectivity index (χ2n) is 4.62. The summed E-state index contributed by atoms with van der Waals surface area (Å²) in [5.74, 6) is -6.17. The van der Waals surface area contributed by atoms with E-state index in [1.54, 1.807) is 0 Å². The molecule has 0 heterocycles. The molecule has 1 rings (SSSR count). The smallest absolute Gasteiger partial charge is 0.423 e. The standard InChI is InChI=1S/C14H13F5O3/c1-3-10(20)22-11(9-7-5-4-6-8-9)13(15,16)12(2,21)14(17,18)19/h3-8,11,21H,1H2,2H3. The summed E-state index contributed by atoms with van der Waals surface area (Å²) in [5.41, 5.74) is -4.80. The van der Waals surface area contributed by atoms with E-state index in [-0.39, 0.29) is 6.92 Å². The Morgan fingerprint density at radius 3 is 2.14 bits per heavy atom. The molecule has 1 aromatic rings. The topological polar surface area (TPSA) is 46.5 Å². The summed E-state index contributed by atoms with van der Waals surface area (Å²) in [4.78, 5) is 11.2. The van der Waals surface area contributed by atoms with Crippen LogP contribution in [0.15, 0.2) is 43.0 Å². The van der Waals surface area contributed by atoms with E-state index in [0.29, 0.717) is 6.08 Å². The van der Waals surface area contributed by atoms with Crippen LogP contribution in [0.1, 0.15) is 18.6 Å². The molecule has 0 aliphatic rings. The van der Waals surface area contributed by atoms with Crippen molar-refractivity contribution in [3.8, 4) is 0 Å². The molecule has 22 heavy (non-hydrogen) atoms. The molecule has 0 aliphatic heterocycles. The van der Waals surface area contributed by atoms with Gasteiger partial charge in [0.2, 0.25) is 5.60 Å². The number of halogens is 5. The number of esters is 1. The molecule has 0 spiro atoms. The minimum atomic E-state index is -5.63. The lowest BCUT2D eigenvalue weighted by Gasteiger charge is -2.38. The maximum atomic E-state index is 14.3. The minimum Gasteiger partial charge on any atom is -0.448 e. The summed E-state index contributed by atoms with van der Waals surface area (Å²) in [5, 5.41) is 9.30. The molecule has 3 nitrogen and oxygen atoms in total. The number of hydrogen-bond acceptors (Lipinski definition) is 3. The summed E-state index contributed by atoms with van der Waals surface area (Å²) < 4.78 is 71.1. The van der Waals surface area contributed by atoms with Crippen molar-refractivity contribution in [1.82, 2.24) is 0 Å². The van der Waals surface area contributed by atoms with Crippen molar-refractivity contribution in [2.24, 2.45) is 0 Å². The van der Waals surface area contributed by atoms with Crippen molar-refractivity contribution in [2.75, 3.05) is 0 Å². The number of rotatable bonds is 5. The summed E-state index contributed by atoms with van der Waals surface area (Å²) in [7, 11) is 0. The van der Waals surface area contributed by atoms with Gasteiger partial charge < -0.3 is 9.84 Å². The van der Waals surface area contributed by atoms with Gasteiger partial charge in [-0.1, -0.05) is 36.9 Å². The van der Waals surface area contributed by atoms with E-state index in [9.17, 15) is 31.9 Å². The van der Waals surface area contributed by atoms with Crippen LogP contribution in [0, 0.1) is 0 Å². The third-order valence-electron chi connectivity index (χ3n) is 3.03. The highest BCUT2D eigenvalue weighted by Crippen LogP contribution is 2.49. The Morgan fingerprint density at radius 1 is 1.23 bits per heavy atom. The van der Waals surface area contributed by atoms with Crippen molar-refractivity contribution >= 4 is 5.97 Å². The highest BCUT2D eigenvalue weighted by Gasteiger charge is 2.70. The van der Waals surface area contributed by atoms with Gasteiger partial charge in [-0.05, 0) is 12.5 Å². The number of ether oxygens (including phenoxy) is 1. The van der Waals surface area contributed by atoms with Crippen LogP contribution in [0.2, 0.25) is 0 Å². The average molecular weight is 324 g/mol. The van der Waals surface area contributed by atoms with Crippen LogP contribution < -0.4 is 0 Å². The van der Waals surface area contributed by atoms with Crippen LogP contribution in [-0.2, 0) is 9.53 Å². The zero-order chi connectivity index (χ0) is 17.2. The number of carbonyl (C=O) groups is 1. The molecule has 8 heteroatoms. The van der Waals surface area contributed by atoms with Crippen molar-refractivity contribution in [1.29, 1.82) is 0 Å². The average Bonchev–Trinajstić information content (AvgIpc) is 2.43. The van der Waals surface area contributed by atoms with Crippen molar-refractivity contribution < 1.29 is 36.6 Å². The summed E-state index contributed by atoms with van der Waals surface area (Å²) in [6.45, 7) is 2.92. The zero-order valence-corrected chi connectivity index (χ0v) is 11.4. The Kier molecular flexibility index (Phi) is 4.96. The SMILES string of the molecule is C=CC(=O)OC(c1ccccc1)C(F)(F)C(C)(O)C(F)(F)F. The predicted octanol–water partition coefficient (Wildman–Crippen LogP) is 3.41. The highest BCUT2D eigenvalue weighted by molar-refractivity contribution is 5.81. The monoisotopic (exact) mass is 324 g/mol. The molecule has 2 unspecified atom stereocenters. The van der Waals surface area contributed by atoms with Crippen molar-refractivity contribution in [2.45, 2.75) is 30.7 Å². The summed E-state index contributed by atoms with van der Waals surface area (Å²) >= 11 is 0. The Bertz CT molecular complexity index is 537. The lowest BCUT2D eigenvalue weighted by atomic mass is 9.89. The minimum absolute atomic E-state index is 0.0787. The van der Waals surface area contributed by atoms with E-state index < -0.39 is 35.3 Å². The number of hydrogen-bond donors (Lipinski definition) is 1. The first kappa shape index (κ1) is 18.1. The van der Waals surface area contributed by atoms with Gasteiger partial charge in [0.25, 0.3) is 0 Å². The van der Waals surface area contributed by atoms with Gasteiger partial charge in [0.1, 0.15) is 0 Å². The van der Waals surface area contributed by atoms with Gasteiger partial charge in [0, 0.05) is 6.08 Å². The summed E-state index contributed by atoms with van der Waals surface area (Å²) in [6, 6.07) is 6.11. The predicted molar refractivity (Wildman–Crippen MR) is 67.1 cm³/mol. The summed E-state index contributed by atoms with van der Waals surface area (Å²) in [6.07, 6.45) is -7.73. The van der Waals surface area contributed by atoms with Gasteiger partial charge >= 0.3 is 18.1 Å². The highest BCUT2D eigenvalue weighted by atomic mass is 19.4. The Balaban J connectivity index is 3.37. The molecule has 0 aliphatic carbocycles. The quantitative estimate of drug-likeness (QED) is 0.513. The second-order valence-corrected chi connectivity index (χ2v) is 4.62. The van der Waals surface area contributed by atoms with Gasteiger partial charge in [0.05, 0.1) is 0 Å². The van der Waals surface area contributed by atoms with E-state index >= 15 is 0 Å². The van der Waals surface area contributed by atoms with Gasteiger partial charge in [-0.2, -0.15) is 22.0 Å². The molecule has 0 saturated carbocycles. The molecule has 1 aromatic carbocycles. The fourth-order valence-corrected chi connectivity index (χ4v) is 1.59. The largest absolute Gasteiger partial charge is 0.448 e. The molecule has 0 radical (unpaired) electrons. The molecule has 0 fully saturated rings. The van der Waals surface area contributed by atoms with Crippen LogP contribution in [-0.4, -0.2) is 28.8 Å². The number of carbonyl (C=O) groups excluding carboxylic acids is 1. The normalized spacial score (nSPS) is 16.5. The molecule has 0 amide bonds. The van der Waals surface area contributed by atoms with Gasteiger partial charge in [-0.3, -0.25) is 0 Å². The lowest BCUT2D eigenvalue weighted by molar-refractivity contribution is -0.344. The second kappa shape index (κ2) is 6.04. The van der Waals surface area contributed by atoms with E-state index in [4.69, 9.17) is 0 Å². The van der Waals surface area contributed by atoms with Crippen LogP contribution in [0.5, 0.6) is 0 Å². The molecular weight excluding hydrogens is 311 g/mol. The zero-order valence-electron chi connectivity index (χ0n) is 11.4. The first-order valence-corrected chi connectivity index (χ1v) is 6.00. The van der Waals surface area contributed by atoms with E-state index in [2.05, 4.69) is 11.3 Å². The van der Waals surface area contributed by atoms with Crippen molar-refractivity contribution in [3.63, 3.8) is 0 Å². The first-order chi connectivity index (χ1) is 9.95. The number of alkyl halides is 5. The van der Waals surface area contributed by atoms with Crippen LogP contribution in [0.25, 0.3) is 0 Å². The first-order valence-electron chi connectivity index (χ1n) is 6.00. The maximum absolute atomic E-state index is 14.3. The van der Waals surface area contributed by atoms with Gasteiger partial charge in [-0.25, -0.2) is 4.79 Å². The fourth-order valence-electron chi connectivity index (χ4n) is 1.59. The molecule has 122 valence electrons. The molecular formula is C14H13F5O3. The Morgan fingerprint density at radius 2 is 1.73 bits per heavy atom. The molecule has 0 bridgehead atoms. The van der Waals surface area contributed by atoms with Crippen LogP contribution in [0.3, 0.4) is 0 Å². The van der Waals surface area contributed by atoms with Crippen LogP contribution in [0.4, 0.5) is 22.0 Å². The number of aliphatic hydroxyl groups is 1. The maximum Gasteiger partial charge on any atom is 0.423 e. The Labute approximate surface area is 123 Å². The third kappa shape index (κ3) is 3.27. The molecule has 0 aromatic heterocycles. The van der Waals surface area contributed by atoms with E-state index in [1.165, 1.54) is 18.2 Å². The van der Waals surface area contributed by atoms with Crippen molar-refractivity contribution in [3.05, 3.63) is 48.6 Å². The number of benzene rings is 1. The molecule has 0 saturated heterocycles. The van der Waals surface area contributed by atoms with Gasteiger partial charge in [0.15, 0.2) is 6.10 Å². The van der Waals surface area contributed by atoms with E-state index in [1.807, 2.05) is 0 Å². The van der Waals surface area contributed by atoms with E-state index in [0.717, 1.165) is 12.1 Å². The Hall–Kier alpha value is -1.96. The van der Waals surface area contributed by atoms with Crippen LogP contribution >= 0.6 is 0 Å².